The maximum Gasteiger partial charge on any atom is 2.00 e. The van der Waals surface area contributed by atoms with E-state index in [1.165, 1.54) is 12.1 Å². The molecule has 0 saturated heterocycles. The summed E-state index contributed by atoms with van der Waals surface area (Å²) in [5.41, 5.74) is 5.68. The first kappa shape index (κ1) is 34.2. The number of hydrogen-bond acceptors (Lipinski definition) is 6. The van der Waals surface area contributed by atoms with Gasteiger partial charge in [-0.15, -0.1) is 0 Å². The fraction of sp³-hybridized carbons (Fsp3) is 0.0500. The van der Waals surface area contributed by atoms with Crippen molar-refractivity contribution in [2.45, 2.75) is 6.92 Å². The van der Waals surface area contributed by atoms with Crippen LogP contribution in [0, 0.1) is 0 Å². The Morgan fingerprint density at radius 2 is 1.30 bits per heavy atom. The van der Waals surface area contributed by atoms with Gasteiger partial charge in [0.05, 0.1) is 12.8 Å². The van der Waals surface area contributed by atoms with Crippen molar-refractivity contribution >= 4 is 34.8 Å². The van der Waals surface area contributed by atoms with E-state index in [1.54, 1.807) is 68.9 Å². The van der Waals surface area contributed by atoms with Crippen LogP contribution in [0.3, 0.4) is 0 Å². The van der Waals surface area contributed by atoms with Crippen LogP contribution in [0.2, 0.25) is 0 Å². The van der Waals surface area contributed by atoms with Crippen molar-refractivity contribution in [2.24, 2.45) is 4.99 Å². The molecule has 0 unspecified atom stereocenters. The molecule has 4 aromatic carbocycles. The molecule has 2 heterocycles. The Bertz CT molecular complexity index is 1840. The van der Waals surface area contributed by atoms with E-state index in [-0.39, 0.29) is 28.0 Å². The number of allylic oxidation sites excluding steroid dienone is 4. The number of pyridine rings is 1. The van der Waals surface area contributed by atoms with Crippen molar-refractivity contribution in [3.05, 3.63) is 180 Å². The van der Waals surface area contributed by atoms with Gasteiger partial charge in [-0.2, -0.15) is 0 Å². The zero-order valence-corrected chi connectivity index (χ0v) is 26.8. The molecule has 1 aliphatic rings. The Labute approximate surface area is 285 Å². The fourth-order valence-electron chi connectivity index (χ4n) is 4.55. The average Bonchev–Trinajstić information content (AvgIpc) is 3.10. The first-order chi connectivity index (χ1) is 22.5. The van der Waals surface area contributed by atoms with Gasteiger partial charge in [0.1, 0.15) is 17.3 Å². The maximum absolute atomic E-state index is 12.1. The van der Waals surface area contributed by atoms with E-state index in [9.17, 15) is 10.2 Å². The number of hydrogen-bond donors (Lipinski definition) is 0. The van der Waals surface area contributed by atoms with Crippen LogP contribution in [0.1, 0.15) is 29.2 Å². The molecule has 5 aromatic rings. The van der Waals surface area contributed by atoms with E-state index < -0.39 is 0 Å². The molecular weight excluding hydrogens is 631 g/mol. The van der Waals surface area contributed by atoms with Gasteiger partial charge in [0.15, 0.2) is 0 Å². The van der Waals surface area contributed by atoms with Crippen molar-refractivity contribution in [2.75, 3.05) is 7.11 Å². The summed E-state index contributed by atoms with van der Waals surface area (Å²) in [5.74, 6) is 2.06. The minimum absolute atomic E-state index is 0. The van der Waals surface area contributed by atoms with E-state index in [4.69, 9.17) is 9.47 Å². The van der Waals surface area contributed by atoms with Crippen LogP contribution in [-0.2, 0) is 21.2 Å². The molecule has 47 heavy (non-hydrogen) atoms. The largest absolute Gasteiger partial charge is 2.00 e. The first-order valence-corrected chi connectivity index (χ1v) is 14.7. The molecule has 1 aliphatic heterocycles. The number of methoxy groups -OCH3 is 1. The molecule has 0 aliphatic carbocycles. The molecule has 0 atom stereocenters. The van der Waals surface area contributed by atoms with Crippen molar-refractivity contribution in [3.63, 3.8) is 0 Å². The third-order valence-electron chi connectivity index (χ3n) is 6.85. The second kappa shape index (κ2) is 17.2. The summed E-state index contributed by atoms with van der Waals surface area (Å²) >= 11 is 0. The summed E-state index contributed by atoms with van der Waals surface area (Å²) in [6, 6.07) is 37.6. The Hall–Kier alpha value is -5.65. The van der Waals surface area contributed by atoms with Crippen molar-refractivity contribution in [1.82, 2.24) is 4.98 Å². The first-order valence-electron chi connectivity index (χ1n) is 14.7. The van der Waals surface area contributed by atoms with Gasteiger partial charge in [-0.3, -0.25) is 9.98 Å². The number of benzene rings is 4. The quantitative estimate of drug-likeness (QED) is 0.101. The number of aliphatic imine (C=N–C) groups is 1. The normalized spacial score (nSPS) is 12.7. The van der Waals surface area contributed by atoms with E-state index in [0.717, 1.165) is 33.8 Å². The average molecular weight is 663 g/mol. The molecule has 0 N–H and O–H groups in total. The molecule has 0 radical (unpaired) electrons. The summed E-state index contributed by atoms with van der Waals surface area (Å²) in [7, 11) is 1.57. The van der Waals surface area contributed by atoms with E-state index >= 15 is 0 Å². The predicted molar refractivity (Wildman–Crippen MR) is 182 cm³/mol. The van der Waals surface area contributed by atoms with Crippen LogP contribution >= 0.6 is 0 Å². The van der Waals surface area contributed by atoms with Gasteiger partial charge in [-0.25, -0.2) is 0 Å². The minimum atomic E-state index is -0.165. The molecule has 0 bridgehead atoms. The molecule has 0 spiro atoms. The number of ether oxygens (including phenoxy) is 2. The Kier molecular flexibility index (Phi) is 12.5. The van der Waals surface area contributed by atoms with Crippen LogP contribution in [0.25, 0.3) is 23.4 Å². The standard InChI is InChI=1S/C23H17NO.C17H17NO3.Ni/c1-3-7-20(8-4-1)22-16-19(15-18-11-13-24-14-12-18)17-23(25-22)21-9-5-2-6-10-21;1-12(18-15-5-3-4-6-16(15)19)11-17(20)13-7-9-14(21-2)10-8-13;/h1-17H;3-11,19-20H,1-2H3;/q;;+2/p-2/b;17-11-,18-12?;. The molecular formula is C40H32N2NiO4. The summed E-state index contributed by atoms with van der Waals surface area (Å²) in [6.45, 7) is 1.69. The van der Waals surface area contributed by atoms with Gasteiger partial charge >= 0.3 is 16.5 Å². The second-order valence-electron chi connectivity index (χ2n) is 10.2. The maximum atomic E-state index is 12.1. The van der Waals surface area contributed by atoms with Crippen LogP contribution in [0.4, 0.5) is 5.69 Å². The third-order valence-corrected chi connectivity index (χ3v) is 6.85. The Balaban J connectivity index is 0.000000212. The third kappa shape index (κ3) is 9.92. The zero-order valence-electron chi connectivity index (χ0n) is 25.9. The van der Waals surface area contributed by atoms with E-state index in [0.29, 0.717) is 22.7 Å². The number of rotatable bonds is 7. The van der Waals surface area contributed by atoms with Gasteiger partial charge in [0, 0.05) is 29.2 Å². The number of aromatic nitrogens is 1. The van der Waals surface area contributed by atoms with Crippen molar-refractivity contribution < 1.29 is 36.2 Å². The summed E-state index contributed by atoms with van der Waals surface area (Å²) in [5, 5.41) is 23.6. The molecule has 0 amide bonds. The molecule has 236 valence electrons. The van der Waals surface area contributed by atoms with Gasteiger partial charge in [0.25, 0.3) is 0 Å². The van der Waals surface area contributed by atoms with Crippen LogP contribution in [0.15, 0.2) is 163 Å². The van der Waals surface area contributed by atoms with Crippen LogP contribution in [-0.4, -0.2) is 17.8 Å². The van der Waals surface area contributed by atoms with Crippen LogP contribution in [0.5, 0.6) is 11.5 Å². The SMILES string of the molecule is C(=C1C=C(c2ccccc2)OC(c2ccccc2)=C1)c1ccncc1.COc1ccc(/C([O-])=C/C(C)=Nc2ccccc2[O-])cc1.[Ni+2]. The van der Waals surface area contributed by atoms with Crippen LogP contribution < -0.4 is 14.9 Å². The summed E-state index contributed by atoms with van der Waals surface area (Å²) in [6.07, 6.45) is 11.3. The number of para-hydroxylation sites is 2. The topological polar surface area (TPSA) is 89.8 Å². The fourth-order valence-corrected chi connectivity index (χ4v) is 4.55. The monoisotopic (exact) mass is 662 g/mol. The van der Waals surface area contributed by atoms with E-state index in [1.807, 2.05) is 48.5 Å². The predicted octanol–water partition coefficient (Wildman–Crippen LogP) is 7.84. The smallest absolute Gasteiger partial charge is 0.872 e. The van der Waals surface area contributed by atoms with E-state index in [2.05, 4.69) is 52.5 Å². The van der Waals surface area contributed by atoms with Gasteiger partial charge < -0.3 is 19.7 Å². The van der Waals surface area contributed by atoms with Crippen molar-refractivity contribution in [3.8, 4) is 11.5 Å². The minimum Gasteiger partial charge on any atom is -0.872 e. The molecule has 0 fully saturated rings. The number of nitrogens with zero attached hydrogens (tertiary/aromatic N) is 2. The van der Waals surface area contributed by atoms with Gasteiger partial charge in [-0.05, 0) is 78.3 Å². The second-order valence-corrected chi connectivity index (χ2v) is 10.2. The molecule has 6 nitrogen and oxygen atoms in total. The molecule has 1 aromatic heterocycles. The Morgan fingerprint density at radius 1 is 0.745 bits per heavy atom. The van der Waals surface area contributed by atoms with Gasteiger partial charge in [-0.1, -0.05) is 103 Å². The molecule has 0 saturated carbocycles. The molecule has 7 heteroatoms. The van der Waals surface area contributed by atoms with Gasteiger partial charge in [0.2, 0.25) is 0 Å². The van der Waals surface area contributed by atoms with Crippen molar-refractivity contribution in [1.29, 1.82) is 0 Å². The zero-order chi connectivity index (χ0) is 32.1. The summed E-state index contributed by atoms with van der Waals surface area (Å²) in [4.78, 5) is 8.24. The molecule has 6 rings (SSSR count). The Morgan fingerprint density at radius 3 is 1.85 bits per heavy atom. The summed E-state index contributed by atoms with van der Waals surface area (Å²) < 4.78 is 11.2.